The van der Waals surface area contributed by atoms with Gasteiger partial charge >= 0.3 is 0 Å². The molecule has 0 amide bonds. The van der Waals surface area contributed by atoms with Crippen LogP contribution in [-0.4, -0.2) is 33.3 Å². The Morgan fingerprint density at radius 1 is 1.32 bits per heavy atom. The maximum Gasteiger partial charge on any atom is 0.120 e. The lowest BCUT2D eigenvalue weighted by Gasteiger charge is -2.22. The van der Waals surface area contributed by atoms with Crippen LogP contribution < -0.4 is 15.0 Å². The third-order valence-electron chi connectivity index (χ3n) is 3.53. The highest BCUT2D eigenvalue weighted by Crippen LogP contribution is 2.20. The Labute approximate surface area is 118 Å². The van der Waals surface area contributed by atoms with Crippen molar-refractivity contribution in [3.05, 3.63) is 24.3 Å². The quantitative estimate of drug-likeness (QED) is 0.740. The lowest BCUT2D eigenvalue weighted by atomic mass is 10.1. The highest BCUT2D eigenvalue weighted by Gasteiger charge is 2.06. The zero-order valence-corrected chi connectivity index (χ0v) is 12.8. The van der Waals surface area contributed by atoms with Crippen LogP contribution in [0.2, 0.25) is 0 Å². The molecule has 1 rings (SSSR count). The second-order valence-electron chi connectivity index (χ2n) is 4.93. The molecule has 0 spiro atoms. The molecule has 0 aromatic heterocycles. The van der Waals surface area contributed by atoms with Crippen LogP contribution in [0.1, 0.15) is 33.1 Å². The number of rotatable bonds is 9. The lowest BCUT2D eigenvalue weighted by molar-refractivity contribution is 0.414. The van der Waals surface area contributed by atoms with Crippen molar-refractivity contribution in [3.63, 3.8) is 0 Å². The molecular weight excluding hydrogens is 236 g/mol. The minimum Gasteiger partial charge on any atom is -0.497 e. The van der Waals surface area contributed by atoms with Crippen LogP contribution in [0, 0.1) is 0 Å². The molecule has 19 heavy (non-hydrogen) atoms. The Morgan fingerprint density at radius 3 is 2.74 bits per heavy atom. The van der Waals surface area contributed by atoms with E-state index in [1.807, 2.05) is 12.1 Å². The Bertz CT molecular complexity index is 354. The molecule has 1 aromatic rings. The van der Waals surface area contributed by atoms with E-state index in [1.54, 1.807) is 7.11 Å². The number of anilines is 1. The van der Waals surface area contributed by atoms with E-state index in [4.69, 9.17) is 4.74 Å². The van der Waals surface area contributed by atoms with Crippen molar-refractivity contribution >= 4 is 5.69 Å². The Kier molecular flexibility index (Phi) is 7.34. The lowest BCUT2D eigenvalue weighted by Crippen LogP contribution is -2.29. The van der Waals surface area contributed by atoms with Gasteiger partial charge in [0.2, 0.25) is 0 Å². The summed E-state index contributed by atoms with van der Waals surface area (Å²) in [7, 11) is 3.85. The van der Waals surface area contributed by atoms with E-state index in [9.17, 15) is 0 Å². The first-order valence-electron chi connectivity index (χ1n) is 7.29. The van der Waals surface area contributed by atoms with Crippen molar-refractivity contribution < 1.29 is 4.74 Å². The standard InChI is InChI=1S/C16H28N2O/c1-5-14(17-6-2)9-8-12-18(3)15-10-7-11-16(13-15)19-4/h7,10-11,13-14,17H,5-6,8-9,12H2,1-4H3. The fourth-order valence-electron chi connectivity index (χ4n) is 2.29. The topological polar surface area (TPSA) is 24.5 Å². The first-order valence-corrected chi connectivity index (χ1v) is 7.29. The molecule has 1 aromatic carbocycles. The van der Waals surface area contributed by atoms with Crippen molar-refractivity contribution in [3.8, 4) is 5.75 Å². The molecule has 1 N–H and O–H groups in total. The van der Waals surface area contributed by atoms with Gasteiger partial charge in [-0.25, -0.2) is 0 Å². The number of methoxy groups -OCH3 is 1. The molecule has 3 nitrogen and oxygen atoms in total. The smallest absolute Gasteiger partial charge is 0.120 e. The molecule has 3 heteroatoms. The fraction of sp³-hybridized carbons (Fsp3) is 0.625. The minimum atomic E-state index is 0.656. The Morgan fingerprint density at radius 2 is 2.11 bits per heavy atom. The summed E-state index contributed by atoms with van der Waals surface area (Å²) >= 11 is 0. The molecule has 0 aliphatic heterocycles. The van der Waals surface area contributed by atoms with Gasteiger partial charge in [-0.3, -0.25) is 0 Å². The number of hydrogen-bond donors (Lipinski definition) is 1. The Balaban J connectivity index is 2.39. The van der Waals surface area contributed by atoms with Crippen molar-refractivity contribution in [2.75, 3.05) is 32.1 Å². The third kappa shape index (κ3) is 5.52. The predicted molar refractivity (Wildman–Crippen MR) is 83.3 cm³/mol. The molecular formula is C16H28N2O. The summed E-state index contributed by atoms with van der Waals surface area (Å²) < 4.78 is 5.26. The van der Waals surface area contributed by atoms with Gasteiger partial charge in [0.05, 0.1) is 7.11 Å². The van der Waals surface area contributed by atoms with Gasteiger partial charge in [-0.2, -0.15) is 0 Å². The Hall–Kier alpha value is -1.22. The van der Waals surface area contributed by atoms with Crippen LogP contribution in [0.15, 0.2) is 24.3 Å². The molecule has 0 saturated carbocycles. The minimum absolute atomic E-state index is 0.656. The molecule has 0 bridgehead atoms. The van der Waals surface area contributed by atoms with E-state index in [0.717, 1.165) is 18.8 Å². The molecule has 0 fully saturated rings. The summed E-state index contributed by atoms with van der Waals surface area (Å²) in [6.07, 6.45) is 3.65. The molecule has 0 radical (unpaired) electrons. The summed E-state index contributed by atoms with van der Waals surface area (Å²) in [4.78, 5) is 2.29. The number of nitrogens with one attached hydrogen (secondary N) is 1. The van der Waals surface area contributed by atoms with Gasteiger partial charge in [0.25, 0.3) is 0 Å². The first kappa shape index (κ1) is 15.8. The SMILES string of the molecule is CCNC(CC)CCCN(C)c1cccc(OC)c1. The van der Waals surface area contributed by atoms with Crippen molar-refractivity contribution in [1.82, 2.24) is 5.32 Å². The van der Waals surface area contributed by atoms with Crippen LogP contribution in [0.25, 0.3) is 0 Å². The van der Waals surface area contributed by atoms with Gasteiger partial charge in [0, 0.05) is 31.4 Å². The van der Waals surface area contributed by atoms with Crippen molar-refractivity contribution in [2.45, 2.75) is 39.2 Å². The van der Waals surface area contributed by atoms with Crippen molar-refractivity contribution in [2.24, 2.45) is 0 Å². The van der Waals surface area contributed by atoms with Gasteiger partial charge in [-0.1, -0.05) is 19.9 Å². The summed E-state index contributed by atoms with van der Waals surface area (Å²) in [6.45, 7) is 6.56. The molecule has 1 unspecified atom stereocenters. The van der Waals surface area contributed by atoms with Crippen LogP contribution in [0.3, 0.4) is 0 Å². The maximum atomic E-state index is 5.26. The van der Waals surface area contributed by atoms with E-state index in [-0.39, 0.29) is 0 Å². The number of hydrogen-bond acceptors (Lipinski definition) is 3. The second-order valence-corrected chi connectivity index (χ2v) is 4.93. The maximum absolute atomic E-state index is 5.26. The molecule has 0 saturated heterocycles. The van der Waals surface area contributed by atoms with Crippen LogP contribution >= 0.6 is 0 Å². The van der Waals surface area contributed by atoms with Crippen LogP contribution in [0.4, 0.5) is 5.69 Å². The van der Waals surface area contributed by atoms with Gasteiger partial charge < -0.3 is 15.0 Å². The van der Waals surface area contributed by atoms with Gasteiger partial charge in [0.15, 0.2) is 0 Å². The fourth-order valence-corrected chi connectivity index (χ4v) is 2.29. The zero-order chi connectivity index (χ0) is 14.1. The molecule has 0 heterocycles. The monoisotopic (exact) mass is 264 g/mol. The van der Waals surface area contributed by atoms with E-state index in [2.05, 4.69) is 43.2 Å². The van der Waals surface area contributed by atoms with Crippen molar-refractivity contribution in [1.29, 1.82) is 0 Å². The average Bonchev–Trinajstić information content (AvgIpc) is 2.46. The summed E-state index contributed by atoms with van der Waals surface area (Å²) in [6, 6.07) is 8.89. The van der Waals surface area contributed by atoms with E-state index >= 15 is 0 Å². The summed E-state index contributed by atoms with van der Waals surface area (Å²) in [5, 5.41) is 3.53. The molecule has 108 valence electrons. The van der Waals surface area contributed by atoms with E-state index in [1.165, 1.54) is 24.9 Å². The van der Waals surface area contributed by atoms with E-state index in [0.29, 0.717) is 6.04 Å². The van der Waals surface area contributed by atoms with Gasteiger partial charge in [-0.05, 0) is 37.9 Å². The highest BCUT2D eigenvalue weighted by atomic mass is 16.5. The second kappa shape index (κ2) is 8.81. The van der Waals surface area contributed by atoms with Gasteiger partial charge in [0.1, 0.15) is 5.75 Å². The molecule has 0 aliphatic carbocycles. The summed E-state index contributed by atoms with van der Waals surface area (Å²) in [5.41, 5.74) is 1.22. The third-order valence-corrected chi connectivity index (χ3v) is 3.53. The number of benzene rings is 1. The number of ether oxygens (including phenoxy) is 1. The number of nitrogens with zero attached hydrogens (tertiary/aromatic N) is 1. The first-order chi connectivity index (χ1) is 9.21. The van der Waals surface area contributed by atoms with E-state index < -0.39 is 0 Å². The molecule has 0 aliphatic rings. The van der Waals surface area contributed by atoms with Crippen LogP contribution in [-0.2, 0) is 0 Å². The van der Waals surface area contributed by atoms with Crippen LogP contribution in [0.5, 0.6) is 5.75 Å². The predicted octanol–water partition coefficient (Wildman–Crippen LogP) is 3.30. The normalized spacial score (nSPS) is 12.2. The zero-order valence-electron chi connectivity index (χ0n) is 12.8. The average molecular weight is 264 g/mol. The summed E-state index contributed by atoms with van der Waals surface area (Å²) in [5.74, 6) is 0.920. The molecule has 1 atom stereocenters. The largest absolute Gasteiger partial charge is 0.497 e. The van der Waals surface area contributed by atoms with Gasteiger partial charge in [-0.15, -0.1) is 0 Å². The highest BCUT2D eigenvalue weighted by molar-refractivity contribution is 5.49.